The maximum Gasteiger partial charge on any atom is 0.0495 e. The lowest BCUT2D eigenvalue weighted by atomic mass is 10.2. The largest absolute Gasteiger partial charge is 0.313 e. The van der Waals surface area contributed by atoms with Crippen molar-refractivity contribution in [3.63, 3.8) is 0 Å². The first-order valence-corrected chi connectivity index (χ1v) is 2.81. The molecule has 1 rings (SSSR count). The first kappa shape index (κ1) is 5.06. The Morgan fingerprint density at radius 2 is 2.43 bits per heavy atom. The van der Waals surface area contributed by atoms with E-state index >= 15 is 0 Å². The average molecular weight is 99.2 g/mol. The van der Waals surface area contributed by atoms with Crippen molar-refractivity contribution < 1.29 is 0 Å². The minimum Gasteiger partial charge on any atom is -0.313 e. The second kappa shape index (κ2) is 2.28. The van der Waals surface area contributed by atoms with Crippen LogP contribution < -0.4 is 10.6 Å². The van der Waals surface area contributed by atoms with E-state index in [4.69, 9.17) is 0 Å². The van der Waals surface area contributed by atoms with Crippen molar-refractivity contribution in [1.82, 2.24) is 10.6 Å². The highest BCUT2D eigenvalue weighted by Gasteiger charge is 2.14. The Hall–Kier alpha value is -0.0800. The van der Waals surface area contributed by atoms with E-state index in [1.807, 2.05) is 0 Å². The second-order valence-electron chi connectivity index (χ2n) is 1.81. The molecular formula is C5H11N2. The summed E-state index contributed by atoms with van der Waals surface area (Å²) in [5.74, 6) is 0. The monoisotopic (exact) mass is 99.1 g/mol. The molecule has 1 aliphatic rings. The van der Waals surface area contributed by atoms with E-state index in [0.29, 0.717) is 6.04 Å². The molecule has 1 fully saturated rings. The first-order chi connectivity index (χ1) is 3.43. The van der Waals surface area contributed by atoms with Gasteiger partial charge in [0.1, 0.15) is 0 Å². The third kappa shape index (κ3) is 1.14. The standard InChI is InChI=1S/C5H11N2/c1-2-7-5-3-6-4-5/h5-6H,2-4H2,1H3. The van der Waals surface area contributed by atoms with Crippen molar-refractivity contribution in [3.05, 3.63) is 0 Å². The van der Waals surface area contributed by atoms with Gasteiger partial charge in [-0.05, 0) is 0 Å². The molecule has 0 spiro atoms. The van der Waals surface area contributed by atoms with E-state index in [-0.39, 0.29) is 0 Å². The number of rotatable bonds is 2. The fraction of sp³-hybridized carbons (Fsp3) is 1.00. The number of nitrogens with one attached hydrogen (secondary N) is 1. The molecule has 1 N–H and O–H groups in total. The molecule has 0 aromatic rings. The van der Waals surface area contributed by atoms with Crippen molar-refractivity contribution in [1.29, 1.82) is 0 Å². The van der Waals surface area contributed by atoms with Crippen LogP contribution in [-0.4, -0.2) is 25.7 Å². The predicted octanol–water partition coefficient (Wildman–Crippen LogP) is -0.418. The van der Waals surface area contributed by atoms with Gasteiger partial charge in [-0.25, -0.2) is 5.32 Å². The number of nitrogens with zero attached hydrogens (tertiary/aromatic N) is 1. The van der Waals surface area contributed by atoms with Crippen LogP contribution >= 0.6 is 0 Å². The molecule has 0 aliphatic carbocycles. The Balaban J connectivity index is 1.93. The van der Waals surface area contributed by atoms with Crippen molar-refractivity contribution >= 4 is 0 Å². The highest BCUT2D eigenvalue weighted by atomic mass is 15.1. The van der Waals surface area contributed by atoms with Crippen LogP contribution in [0.15, 0.2) is 0 Å². The number of hydrogen-bond acceptors (Lipinski definition) is 1. The number of likely N-dealkylation sites (N-methyl/N-ethyl adjacent to an activating group) is 1. The van der Waals surface area contributed by atoms with Crippen molar-refractivity contribution in [2.45, 2.75) is 13.0 Å². The average Bonchev–Trinajstić information content (AvgIpc) is 1.55. The summed E-state index contributed by atoms with van der Waals surface area (Å²) < 4.78 is 0. The van der Waals surface area contributed by atoms with Crippen LogP contribution in [0, 0.1) is 0 Å². The van der Waals surface area contributed by atoms with Crippen LogP contribution in [0.5, 0.6) is 0 Å². The van der Waals surface area contributed by atoms with E-state index in [2.05, 4.69) is 17.6 Å². The van der Waals surface area contributed by atoms with E-state index in [0.717, 1.165) is 19.6 Å². The Kier molecular flexibility index (Phi) is 1.65. The normalized spacial score (nSPS) is 21.9. The van der Waals surface area contributed by atoms with Gasteiger partial charge in [-0.3, -0.25) is 0 Å². The molecule has 1 aliphatic heterocycles. The predicted molar refractivity (Wildman–Crippen MR) is 29.3 cm³/mol. The van der Waals surface area contributed by atoms with Gasteiger partial charge in [0, 0.05) is 25.7 Å². The van der Waals surface area contributed by atoms with Crippen LogP contribution in [0.25, 0.3) is 0 Å². The summed E-state index contributed by atoms with van der Waals surface area (Å²) in [5, 5.41) is 7.42. The molecule has 0 aromatic heterocycles. The lowest BCUT2D eigenvalue weighted by Gasteiger charge is -2.25. The van der Waals surface area contributed by atoms with Crippen LogP contribution in [0.4, 0.5) is 0 Å². The van der Waals surface area contributed by atoms with Gasteiger partial charge >= 0.3 is 0 Å². The maximum absolute atomic E-state index is 4.27. The highest BCUT2D eigenvalue weighted by Crippen LogP contribution is 1.89. The molecule has 0 amide bonds. The van der Waals surface area contributed by atoms with E-state index < -0.39 is 0 Å². The van der Waals surface area contributed by atoms with Gasteiger partial charge in [0.05, 0.1) is 0 Å². The first-order valence-electron chi connectivity index (χ1n) is 2.81. The van der Waals surface area contributed by atoms with Crippen molar-refractivity contribution in [3.8, 4) is 0 Å². The Labute approximate surface area is 44.3 Å². The zero-order chi connectivity index (χ0) is 5.11. The Bertz CT molecular complexity index is 50.0. The molecule has 1 radical (unpaired) electrons. The third-order valence-electron chi connectivity index (χ3n) is 1.20. The van der Waals surface area contributed by atoms with E-state index in [9.17, 15) is 0 Å². The van der Waals surface area contributed by atoms with Gasteiger partial charge in [-0.2, -0.15) is 0 Å². The van der Waals surface area contributed by atoms with Gasteiger partial charge in [0.2, 0.25) is 0 Å². The fourth-order valence-corrected chi connectivity index (χ4v) is 0.661. The molecule has 1 heterocycles. The summed E-state index contributed by atoms with van der Waals surface area (Å²) in [6.45, 7) is 5.27. The molecule has 2 nitrogen and oxygen atoms in total. The smallest absolute Gasteiger partial charge is 0.0495 e. The van der Waals surface area contributed by atoms with Crippen molar-refractivity contribution in [2.24, 2.45) is 0 Å². The van der Waals surface area contributed by atoms with Gasteiger partial charge in [-0.1, -0.05) is 6.92 Å². The maximum atomic E-state index is 4.27. The Morgan fingerprint density at radius 1 is 1.71 bits per heavy atom. The summed E-state index contributed by atoms with van der Waals surface area (Å²) in [6.07, 6.45) is 0. The van der Waals surface area contributed by atoms with Gasteiger partial charge in [-0.15, -0.1) is 0 Å². The van der Waals surface area contributed by atoms with Crippen molar-refractivity contribution in [2.75, 3.05) is 19.6 Å². The summed E-state index contributed by atoms with van der Waals surface area (Å²) in [4.78, 5) is 0. The minimum absolute atomic E-state index is 0.644. The van der Waals surface area contributed by atoms with Crippen LogP contribution in [0.3, 0.4) is 0 Å². The van der Waals surface area contributed by atoms with Crippen LogP contribution in [0.1, 0.15) is 6.92 Å². The molecule has 0 aromatic carbocycles. The molecule has 0 unspecified atom stereocenters. The molecule has 2 heteroatoms. The summed E-state index contributed by atoms with van der Waals surface area (Å²) >= 11 is 0. The molecule has 0 saturated carbocycles. The highest BCUT2D eigenvalue weighted by molar-refractivity contribution is 4.79. The van der Waals surface area contributed by atoms with Crippen LogP contribution in [-0.2, 0) is 0 Å². The van der Waals surface area contributed by atoms with E-state index in [1.165, 1.54) is 0 Å². The minimum atomic E-state index is 0.644. The molecular weight excluding hydrogens is 88.1 g/mol. The third-order valence-corrected chi connectivity index (χ3v) is 1.20. The number of hydrogen-bond donors (Lipinski definition) is 1. The SMILES string of the molecule is CC[N]C1CNC1. The fourth-order valence-electron chi connectivity index (χ4n) is 0.661. The second-order valence-corrected chi connectivity index (χ2v) is 1.81. The van der Waals surface area contributed by atoms with Crippen LogP contribution in [0.2, 0.25) is 0 Å². The summed E-state index contributed by atoms with van der Waals surface area (Å²) in [5.41, 5.74) is 0. The molecule has 41 valence electrons. The zero-order valence-corrected chi connectivity index (χ0v) is 4.65. The lowest BCUT2D eigenvalue weighted by Crippen LogP contribution is -2.52. The Morgan fingerprint density at radius 3 is 2.57 bits per heavy atom. The van der Waals surface area contributed by atoms with E-state index in [1.54, 1.807) is 0 Å². The zero-order valence-electron chi connectivity index (χ0n) is 4.65. The van der Waals surface area contributed by atoms with Gasteiger partial charge in [0.15, 0.2) is 0 Å². The lowest BCUT2D eigenvalue weighted by molar-refractivity contribution is 0.367. The quantitative estimate of drug-likeness (QED) is 0.500. The van der Waals surface area contributed by atoms with Gasteiger partial charge < -0.3 is 5.32 Å². The summed E-state index contributed by atoms with van der Waals surface area (Å²) in [7, 11) is 0. The summed E-state index contributed by atoms with van der Waals surface area (Å²) in [6, 6.07) is 0.644. The molecule has 1 saturated heterocycles. The molecule has 0 atom stereocenters. The topological polar surface area (TPSA) is 26.1 Å². The van der Waals surface area contributed by atoms with Gasteiger partial charge in [0.25, 0.3) is 0 Å². The molecule has 7 heavy (non-hydrogen) atoms. The molecule has 0 bridgehead atoms.